The van der Waals surface area contributed by atoms with Gasteiger partial charge < -0.3 is 10.2 Å². The van der Waals surface area contributed by atoms with E-state index in [4.69, 9.17) is 0 Å². The van der Waals surface area contributed by atoms with Crippen LogP contribution in [0.5, 0.6) is 0 Å². The second-order valence-electron chi connectivity index (χ2n) is 2.82. The molecule has 1 aromatic carbocycles. The molecule has 0 radical (unpaired) electrons. The Labute approximate surface area is 78.4 Å². The molecule has 0 aliphatic carbocycles. The van der Waals surface area contributed by atoms with Gasteiger partial charge in [-0.3, -0.25) is 4.79 Å². The lowest BCUT2D eigenvalue weighted by atomic mass is 10.2. The largest absolute Gasteiger partial charge is 0.687 e. The third kappa shape index (κ3) is 2.21. The van der Waals surface area contributed by atoms with Crippen LogP contribution in [-0.4, -0.2) is 20.0 Å². The van der Waals surface area contributed by atoms with Gasteiger partial charge in [0.2, 0.25) is 5.91 Å². The van der Waals surface area contributed by atoms with Crippen molar-refractivity contribution < 1.29 is 4.79 Å². The number of benzene rings is 1. The van der Waals surface area contributed by atoms with Crippen molar-refractivity contribution in [2.45, 2.75) is 6.92 Å². The van der Waals surface area contributed by atoms with Gasteiger partial charge in [-0.15, -0.1) is 12.7 Å². The number of carbonyl (C=O) groups is 1. The fourth-order valence-electron chi connectivity index (χ4n) is 1.01. The molecule has 0 atom stereocenters. The van der Waals surface area contributed by atoms with E-state index in [0.717, 1.165) is 11.4 Å². The van der Waals surface area contributed by atoms with Crippen molar-refractivity contribution in [2.24, 2.45) is 0 Å². The molecule has 1 rings (SSSR count). The smallest absolute Gasteiger partial charge is 0.223 e. The molecule has 0 saturated heterocycles. The Balaban J connectivity index is 2.85. The van der Waals surface area contributed by atoms with Crippen LogP contribution in [0.4, 0.5) is 11.4 Å². The Hall–Kier alpha value is -1.51. The predicted molar refractivity (Wildman–Crippen MR) is 54.5 cm³/mol. The first-order chi connectivity index (χ1) is 6.15. The molecule has 0 aliphatic rings. The first-order valence-electron chi connectivity index (χ1n) is 4.09. The summed E-state index contributed by atoms with van der Waals surface area (Å²) < 4.78 is 0. The van der Waals surface area contributed by atoms with Gasteiger partial charge in [0.25, 0.3) is 0 Å². The van der Waals surface area contributed by atoms with Crippen molar-refractivity contribution in [1.82, 2.24) is 0 Å². The molecule has 1 amide bonds. The quantitative estimate of drug-likeness (QED) is 0.682. The molecule has 0 fully saturated rings. The molecule has 3 heteroatoms. The third-order valence-corrected chi connectivity index (χ3v) is 1.97. The zero-order valence-electron chi connectivity index (χ0n) is 8.11. The van der Waals surface area contributed by atoms with Gasteiger partial charge in [-0.05, 0) is 12.1 Å². The number of nitrogens with zero attached hydrogens (tertiary/aromatic N) is 2. The van der Waals surface area contributed by atoms with E-state index in [1.54, 1.807) is 19.0 Å². The summed E-state index contributed by atoms with van der Waals surface area (Å²) >= 11 is 0. The maximum Gasteiger partial charge on any atom is 0.223 e. The second-order valence-corrected chi connectivity index (χ2v) is 2.82. The lowest BCUT2D eigenvalue weighted by Crippen LogP contribution is -2.22. The van der Waals surface area contributed by atoms with Crippen LogP contribution in [0.25, 0.3) is 5.32 Å². The summed E-state index contributed by atoms with van der Waals surface area (Å²) in [6, 6.07) is 7.52. The summed E-state index contributed by atoms with van der Waals surface area (Å²) in [6.45, 7) is 1.54. The van der Waals surface area contributed by atoms with Crippen LogP contribution < -0.4 is 4.90 Å². The number of amides is 1. The van der Waals surface area contributed by atoms with Gasteiger partial charge in [0.05, 0.1) is 0 Å². The molecule has 0 bridgehead atoms. The lowest BCUT2D eigenvalue weighted by molar-refractivity contribution is -0.116. The molecule has 3 nitrogen and oxygen atoms in total. The Kier molecular flexibility index (Phi) is 2.90. The molecular formula is C10H13N2O-. The summed E-state index contributed by atoms with van der Waals surface area (Å²) in [5, 5.41) is 4.01. The van der Waals surface area contributed by atoms with E-state index in [1.165, 1.54) is 6.92 Å². The molecule has 0 aliphatic heterocycles. The average Bonchev–Trinajstić information content (AvgIpc) is 2.17. The first-order valence-corrected chi connectivity index (χ1v) is 4.09. The number of rotatable bonds is 2. The van der Waals surface area contributed by atoms with E-state index in [1.807, 2.05) is 24.3 Å². The molecule has 0 aromatic heterocycles. The summed E-state index contributed by atoms with van der Waals surface area (Å²) in [6.07, 6.45) is 0. The van der Waals surface area contributed by atoms with Crippen molar-refractivity contribution >= 4 is 17.3 Å². The Morgan fingerprint density at radius 2 is 1.85 bits per heavy atom. The fraction of sp³-hybridized carbons (Fsp3) is 0.300. The maximum absolute atomic E-state index is 11.0. The average molecular weight is 177 g/mol. The van der Waals surface area contributed by atoms with Crippen molar-refractivity contribution in [2.75, 3.05) is 19.0 Å². The van der Waals surface area contributed by atoms with Crippen LogP contribution in [0.15, 0.2) is 24.3 Å². The zero-order valence-corrected chi connectivity index (χ0v) is 8.11. The summed E-state index contributed by atoms with van der Waals surface area (Å²) in [5.41, 5.74) is 1.81. The van der Waals surface area contributed by atoms with Gasteiger partial charge in [-0.25, -0.2) is 0 Å². The standard InChI is InChI=1S/C10H13N2O/c1-8(13)12(3)10-6-4-9(11-2)5-7-10/h4-7H,1-3H3/q-1. The van der Waals surface area contributed by atoms with Crippen LogP contribution in [0.3, 0.4) is 0 Å². The highest BCUT2D eigenvalue weighted by atomic mass is 16.2. The van der Waals surface area contributed by atoms with E-state index >= 15 is 0 Å². The van der Waals surface area contributed by atoms with Gasteiger partial charge in [0.1, 0.15) is 0 Å². The van der Waals surface area contributed by atoms with E-state index < -0.39 is 0 Å². The highest BCUT2D eigenvalue weighted by Gasteiger charge is 2.02. The number of anilines is 1. The van der Waals surface area contributed by atoms with Crippen molar-refractivity contribution in [3.05, 3.63) is 29.6 Å². The first kappa shape index (κ1) is 9.58. The fourth-order valence-corrected chi connectivity index (χ4v) is 1.01. The van der Waals surface area contributed by atoms with Crippen LogP contribution in [0, 0.1) is 0 Å². The van der Waals surface area contributed by atoms with Gasteiger partial charge in [0, 0.05) is 19.7 Å². The third-order valence-electron chi connectivity index (χ3n) is 1.97. The minimum Gasteiger partial charge on any atom is -0.687 e. The number of hydrogen-bond donors (Lipinski definition) is 0. The van der Waals surface area contributed by atoms with Crippen molar-refractivity contribution in [3.8, 4) is 0 Å². The minimum absolute atomic E-state index is 0.0289. The highest BCUT2D eigenvalue weighted by molar-refractivity contribution is 5.91. The van der Waals surface area contributed by atoms with Gasteiger partial charge in [-0.2, -0.15) is 0 Å². The van der Waals surface area contributed by atoms with Crippen molar-refractivity contribution in [3.63, 3.8) is 0 Å². The molecular weight excluding hydrogens is 164 g/mol. The summed E-state index contributed by atoms with van der Waals surface area (Å²) in [7, 11) is 3.49. The highest BCUT2D eigenvalue weighted by Crippen LogP contribution is 2.20. The Bertz CT molecular complexity index is 292. The monoisotopic (exact) mass is 177 g/mol. The summed E-state index contributed by atoms with van der Waals surface area (Å²) in [4.78, 5) is 12.6. The van der Waals surface area contributed by atoms with Crippen LogP contribution in [0.1, 0.15) is 6.92 Å². The lowest BCUT2D eigenvalue weighted by Gasteiger charge is -2.18. The van der Waals surface area contributed by atoms with Gasteiger partial charge >= 0.3 is 0 Å². The molecule has 13 heavy (non-hydrogen) atoms. The molecule has 70 valence electrons. The second kappa shape index (κ2) is 3.94. The van der Waals surface area contributed by atoms with E-state index in [9.17, 15) is 4.79 Å². The van der Waals surface area contributed by atoms with E-state index in [2.05, 4.69) is 5.32 Å². The molecule has 0 N–H and O–H groups in total. The normalized spacial score (nSPS) is 9.46. The van der Waals surface area contributed by atoms with E-state index in [0.29, 0.717) is 0 Å². The van der Waals surface area contributed by atoms with Gasteiger partial charge in [-0.1, -0.05) is 12.1 Å². The Morgan fingerprint density at radius 3 is 2.23 bits per heavy atom. The molecule has 0 saturated carbocycles. The summed E-state index contributed by atoms with van der Waals surface area (Å²) in [5.74, 6) is 0.0289. The van der Waals surface area contributed by atoms with Crippen LogP contribution >= 0.6 is 0 Å². The Morgan fingerprint density at radius 1 is 1.31 bits per heavy atom. The molecule has 0 spiro atoms. The predicted octanol–water partition coefficient (Wildman–Crippen LogP) is 2.30. The maximum atomic E-state index is 11.0. The molecule has 0 unspecified atom stereocenters. The SMILES string of the molecule is C[N-]c1ccc(N(C)C(C)=O)cc1. The van der Waals surface area contributed by atoms with Crippen molar-refractivity contribution in [1.29, 1.82) is 0 Å². The van der Waals surface area contributed by atoms with Crippen LogP contribution in [-0.2, 0) is 4.79 Å². The minimum atomic E-state index is 0.0289. The van der Waals surface area contributed by atoms with Gasteiger partial charge in [0.15, 0.2) is 0 Å². The topological polar surface area (TPSA) is 34.4 Å². The number of carbonyl (C=O) groups excluding carboxylic acids is 1. The van der Waals surface area contributed by atoms with E-state index in [-0.39, 0.29) is 5.91 Å². The zero-order chi connectivity index (χ0) is 9.84. The number of hydrogen-bond acceptors (Lipinski definition) is 1. The van der Waals surface area contributed by atoms with Crippen LogP contribution in [0.2, 0.25) is 0 Å². The molecule has 1 aromatic rings. The molecule has 0 heterocycles.